The highest BCUT2D eigenvalue weighted by molar-refractivity contribution is 5.37. The number of rotatable bonds is 6. The summed E-state index contributed by atoms with van der Waals surface area (Å²) in [4.78, 5) is 0. The second kappa shape index (κ2) is 7.18. The molecule has 0 bridgehead atoms. The third kappa shape index (κ3) is 4.02. The third-order valence-electron chi connectivity index (χ3n) is 3.17. The van der Waals surface area contributed by atoms with E-state index in [0.717, 1.165) is 23.8 Å². The fourth-order valence-electron chi connectivity index (χ4n) is 2.27. The molecule has 0 saturated carbocycles. The van der Waals surface area contributed by atoms with Crippen molar-refractivity contribution < 1.29 is 13.5 Å². The van der Waals surface area contributed by atoms with E-state index in [1.54, 1.807) is 7.05 Å². The molecule has 112 valence electrons. The Morgan fingerprint density at radius 2 is 1.76 bits per heavy atom. The summed E-state index contributed by atoms with van der Waals surface area (Å²) in [6, 6.07) is 10.8. The highest BCUT2D eigenvalue weighted by Gasteiger charge is 2.14. The first-order chi connectivity index (χ1) is 10.1. The normalized spacial score (nSPS) is 12.2. The van der Waals surface area contributed by atoms with Crippen molar-refractivity contribution in [2.24, 2.45) is 0 Å². The highest BCUT2D eigenvalue weighted by Crippen LogP contribution is 2.26. The van der Waals surface area contributed by atoms with Gasteiger partial charge in [-0.05, 0) is 48.9 Å². The molecule has 1 unspecified atom stereocenters. The molecule has 2 aromatic carbocycles. The van der Waals surface area contributed by atoms with Gasteiger partial charge >= 0.3 is 0 Å². The third-order valence-corrected chi connectivity index (χ3v) is 3.17. The molecule has 21 heavy (non-hydrogen) atoms. The minimum absolute atomic E-state index is 0.291. The van der Waals surface area contributed by atoms with Crippen molar-refractivity contribution in [2.75, 3.05) is 13.7 Å². The van der Waals surface area contributed by atoms with E-state index in [9.17, 15) is 8.78 Å². The minimum atomic E-state index is -0.580. The SMILES string of the molecule is CCCOc1cccc(C(NC)c2cc(F)cc(F)c2)c1. The Hall–Kier alpha value is -1.94. The predicted molar refractivity (Wildman–Crippen MR) is 79.5 cm³/mol. The lowest BCUT2D eigenvalue weighted by atomic mass is 9.98. The summed E-state index contributed by atoms with van der Waals surface area (Å²) in [6.45, 7) is 2.68. The Balaban J connectivity index is 2.32. The Morgan fingerprint density at radius 1 is 1.05 bits per heavy atom. The zero-order valence-electron chi connectivity index (χ0n) is 12.2. The summed E-state index contributed by atoms with van der Waals surface area (Å²) in [5, 5.41) is 3.08. The van der Waals surface area contributed by atoms with Crippen LogP contribution in [0.25, 0.3) is 0 Å². The van der Waals surface area contributed by atoms with Crippen molar-refractivity contribution in [3.63, 3.8) is 0 Å². The van der Waals surface area contributed by atoms with Crippen LogP contribution in [0.15, 0.2) is 42.5 Å². The molecule has 0 fully saturated rings. The van der Waals surface area contributed by atoms with E-state index < -0.39 is 11.6 Å². The minimum Gasteiger partial charge on any atom is -0.494 e. The summed E-state index contributed by atoms with van der Waals surface area (Å²) in [6.07, 6.45) is 0.925. The van der Waals surface area contributed by atoms with Gasteiger partial charge in [0.15, 0.2) is 0 Å². The summed E-state index contributed by atoms with van der Waals surface area (Å²) < 4.78 is 32.4. The topological polar surface area (TPSA) is 21.3 Å². The summed E-state index contributed by atoms with van der Waals surface area (Å²) in [5.74, 6) is -0.404. The van der Waals surface area contributed by atoms with Crippen molar-refractivity contribution in [1.82, 2.24) is 5.32 Å². The van der Waals surface area contributed by atoms with Gasteiger partial charge in [-0.2, -0.15) is 0 Å². The molecule has 0 aliphatic heterocycles. The van der Waals surface area contributed by atoms with Crippen molar-refractivity contribution in [3.8, 4) is 5.75 Å². The summed E-state index contributed by atoms with van der Waals surface area (Å²) >= 11 is 0. The van der Waals surface area contributed by atoms with Crippen LogP contribution in [-0.2, 0) is 0 Å². The second-order valence-electron chi connectivity index (χ2n) is 4.85. The monoisotopic (exact) mass is 291 g/mol. The number of hydrogen-bond acceptors (Lipinski definition) is 2. The molecule has 1 atom stereocenters. The lowest BCUT2D eigenvalue weighted by molar-refractivity contribution is 0.317. The van der Waals surface area contributed by atoms with Crippen LogP contribution in [-0.4, -0.2) is 13.7 Å². The molecule has 0 aromatic heterocycles. The second-order valence-corrected chi connectivity index (χ2v) is 4.85. The first kappa shape index (κ1) is 15.4. The molecule has 0 spiro atoms. The van der Waals surface area contributed by atoms with Gasteiger partial charge < -0.3 is 10.1 Å². The number of nitrogens with one attached hydrogen (secondary N) is 1. The quantitative estimate of drug-likeness (QED) is 0.866. The van der Waals surface area contributed by atoms with Crippen LogP contribution in [0.4, 0.5) is 8.78 Å². The van der Waals surface area contributed by atoms with E-state index in [0.29, 0.717) is 12.2 Å². The number of ether oxygens (including phenoxy) is 1. The molecule has 2 aromatic rings. The zero-order valence-corrected chi connectivity index (χ0v) is 12.2. The van der Waals surface area contributed by atoms with Gasteiger partial charge in [0.05, 0.1) is 12.6 Å². The van der Waals surface area contributed by atoms with Crippen LogP contribution in [0, 0.1) is 11.6 Å². The van der Waals surface area contributed by atoms with Gasteiger partial charge in [-0.3, -0.25) is 0 Å². The van der Waals surface area contributed by atoms with Gasteiger partial charge in [0.25, 0.3) is 0 Å². The Labute approximate surface area is 123 Å². The van der Waals surface area contributed by atoms with Crippen molar-refractivity contribution in [2.45, 2.75) is 19.4 Å². The Kier molecular flexibility index (Phi) is 5.28. The molecule has 0 aliphatic carbocycles. The maximum atomic E-state index is 13.4. The van der Waals surface area contributed by atoms with Gasteiger partial charge in [-0.1, -0.05) is 19.1 Å². The van der Waals surface area contributed by atoms with Gasteiger partial charge in [0.1, 0.15) is 17.4 Å². The van der Waals surface area contributed by atoms with E-state index in [4.69, 9.17) is 4.74 Å². The molecule has 2 nitrogen and oxygen atoms in total. The van der Waals surface area contributed by atoms with E-state index >= 15 is 0 Å². The predicted octanol–water partition coefficient (Wildman–Crippen LogP) is 4.06. The van der Waals surface area contributed by atoms with E-state index in [2.05, 4.69) is 5.32 Å². The molecule has 4 heteroatoms. The van der Waals surface area contributed by atoms with Gasteiger partial charge in [0.2, 0.25) is 0 Å². The average Bonchev–Trinajstić information content (AvgIpc) is 2.45. The van der Waals surface area contributed by atoms with Crippen LogP contribution < -0.4 is 10.1 Å². The van der Waals surface area contributed by atoms with Gasteiger partial charge in [0, 0.05) is 6.07 Å². The standard InChI is InChI=1S/C17H19F2NO/c1-3-7-21-16-6-4-5-12(10-16)17(20-2)13-8-14(18)11-15(19)9-13/h4-6,8-11,17,20H,3,7H2,1-2H3. The van der Waals surface area contributed by atoms with Crippen molar-refractivity contribution in [3.05, 3.63) is 65.2 Å². The van der Waals surface area contributed by atoms with E-state index in [-0.39, 0.29) is 6.04 Å². The number of benzene rings is 2. The Bertz CT molecular complexity index is 581. The smallest absolute Gasteiger partial charge is 0.126 e. The van der Waals surface area contributed by atoms with E-state index in [1.165, 1.54) is 12.1 Å². The van der Waals surface area contributed by atoms with Crippen molar-refractivity contribution >= 4 is 0 Å². The maximum Gasteiger partial charge on any atom is 0.126 e. The first-order valence-electron chi connectivity index (χ1n) is 7.00. The molecule has 0 amide bonds. The first-order valence-corrected chi connectivity index (χ1v) is 7.00. The number of hydrogen-bond donors (Lipinski definition) is 1. The van der Waals surface area contributed by atoms with E-state index in [1.807, 2.05) is 31.2 Å². The molecule has 1 N–H and O–H groups in total. The maximum absolute atomic E-state index is 13.4. The van der Waals surface area contributed by atoms with Crippen LogP contribution in [0.1, 0.15) is 30.5 Å². The fourth-order valence-corrected chi connectivity index (χ4v) is 2.27. The lowest BCUT2D eigenvalue weighted by Crippen LogP contribution is -2.18. The van der Waals surface area contributed by atoms with Crippen LogP contribution in [0.3, 0.4) is 0 Å². The fraction of sp³-hybridized carbons (Fsp3) is 0.294. The number of halogens is 2. The largest absolute Gasteiger partial charge is 0.494 e. The summed E-state index contributed by atoms with van der Waals surface area (Å²) in [5.41, 5.74) is 1.44. The molecule has 0 heterocycles. The van der Waals surface area contributed by atoms with Crippen LogP contribution in [0.5, 0.6) is 5.75 Å². The molecular formula is C17H19F2NO. The van der Waals surface area contributed by atoms with Gasteiger partial charge in [-0.25, -0.2) is 8.78 Å². The average molecular weight is 291 g/mol. The molecule has 0 radical (unpaired) electrons. The van der Waals surface area contributed by atoms with Gasteiger partial charge in [-0.15, -0.1) is 0 Å². The molecule has 0 aliphatic rings. The molecular weight excluding hydrogens is 272 g/mol. The highest BCUT2D eigenvalue weighted by atomic mass is 19.1. The van der Waals surface area contributed by atoms with Crippen LogP contribution in [0.2, 0.25) is 0 Å². The summed E-state index contributed by atoms with van der Waals surface area (Å²) in [7, 11) is 1.76. The Morgan fingerprint density at radius 3 is 2.38 bits per heavy atom. The van der Waals surface area contributed by atoms with Crippen LogP contribution >= 0.6 is 0 Å². The molecule has 0 saturated heterocycles. The lowest BCUT2D eigenvalue weighted by Gasteiger charge is -2.18. The molecule has 2 rings (SSSR count). The van der Waals surface area contributed by atoms with Crippen molar-refractivity contribution in [1.29, 1.82) is 0 Å². The zero-order chi connectivity index (χ0) is 15.2.